The zero-order valence-electron chi connectivity index (χ0n) is 26.0. The van der Waals surface area contributed by atoms with E-state index >= 15 is 0 Å². The average molecular weight is 613 g/mol. The molecule has 0 atom stereocenters. The molecule has 0 saturated heterocycles. The molecule has 0 saturated carbocycles. The Morgan fingerprint density at radius 3 is 1.62 bits per heavy atom. The summed E-state index contributed by atoms with van der Waals surface area (Å²) in [6, 6.07) is 57.1. The maximum Gasteiger partial charge on any atom is 0.183 e. The number of rotatable bonds is 5. The van der Waals surface area contributed by atoms with Crippen LogP contribution in [0.15, 0.2) is 170 Å². The quantitative estimate of drug-likeness (QED) is 0.181. The summed E-state index contributed by atoms with van der Waals surface area (Å²) in [5, 5.41) is 6.96. The van der Waals surface area contributed by atoms with Crippen molar-refractivity contribution in [2.45, 2.75) is 0 Å². The zero-order valence-corrected chi connectivity index (χ0v) is 26.0. The van der Waals surface area contributed by atoms with Gasteiger partial charge in [0.1, 0.15) is 5.69 Å². The molecule has 48 heavy (non-hydrogen) atoms. The third-order valence-electron chi connectivity index (χ3n) is 8.93. The number of pyridine rings is 1. The highest BCUT2D eigenvalue weighted by Gasteiger charge is 2.18. The van der Waals surface area contributed by atoms with E-state index in [0.29, 0.717) is 17.5 Å². The summed E-state index contributed by atoms with van der Waals surface area (Å²) in [7, 11) is 0. The summed E-state index contributed by atoms with van der Waals surface area (Å²) in [5.41, 5.74) is 7.03. The Hall–Kier alpha value is -6.52. The van der Waals surface area contributed by atoms with Crippen LogP contribution >= 0.6 is 0 Å². The third kappa shape index (κ3) is 4.97. The second kappa shape index (κ2) is 11.7. The molecule has 0 aliphatic carbocycles. The number of hydrogen-bond donors (Lipinski definition) is 0. The van der Waals surface area contributed by atoms with Gasteiger partial charge < -0.3 is 0 Å². The van der Waals surface area contributed by atoms with Gasteiger partial charge in [0.25, 0.3) is 0 Å². The van der Waals surface area contributed by atoms with Crippen LogP contribution in [0.2, 0.25) is 0 Å². The fraction of sp³-hybridized carbons (Fsp3) is 0. The number of nitrogens with zero attached hydrogens (tertiary/aromatic N) is 4. The summed E-state index contributed by atoms with van der Waals surface area (Å²) in [4.78, 5) is 20.0. The third-order valence-corrected chi connectivity index (χ3v) is 8.93. The van der Waals surface area contributed by atoms with E-state index in [1.807, 2.05) is 60.8 Å². The highest BCUT2D eigenvalue weighted by atomic mass is 15.0. The van der Waals surface area contributed by atoms with Crippen LogP contribution in [0, 0.1) is 0 Å². The van der Waals surface area contributed by atoms with E-state index in [4.69, 9.17) is 19.9 Å². The van der Waals surface area contributed by atoms with Gasteiger partial charge in [-0.1, -0.05) is 133 Å². The van der Waals surface area contributed by atoms with Crippen molar-refractivity contribution in [2.24, 2.45) is 0 Å². The lowest BCUT2D eigenvalue weighted by atomic mass is 9.90. The van der Waals surface area contributed by atoms with Gasteiger partial charge >= 0.3 is 0 Å². The van der Waals surface area contributed by atoms with Crippen LogP contribution < -0.4 is 0 Å². The summed E-state index contributed by atoms with van der Waals surface area (Å²) in [5.74, 6) is 1.74. The minimum atomic E-state index is 0.540. The molecule has 0 N–H and O–H groups in total. The van der Waals surface area contributed by atoms with Crippen molar-refractivity contribution < 1.29 is 0 Å². The monoisotopic (exact) mass is 612 g/mol. The Labute approximate surface area is 278 Å². The Balaban J connectivity index is 1.33. The van der Waals surface area contributed by atoms with E-state index in [-0.39, 0.29) is 0 Å². The molecule has 0 amide bonds. The van der Waals surface area contributed by atoms with Gasteiger partial charge in [-0.15, -0.1) is 0 Å². The van der Waals surface area contributed by atoms with Crippen LogP contribution in [0.3, 0.4) is 0 Å². The van der Waals surface area contributed by atoms with Gasteiger partial charge in [-0.05, 0) is 79.5 Å². The van der Waals surface area contributed by atoms with Gasteiger partial charge in [-0.3, -0.25) is 4.98 Å². The molecule has 0 bridgehead atoms. The Morgan fingerprint density at radius 1 is 0.312 bits per heavy atom. The second-order valence-electron chi connectivity index (χ2n) is 11.9. The lowest BCUT2D eigenvalue weighted by Gasteiger charge is -2.15. The smallest absolute Gasteiger partial charge is 0.183 e. The van der Waals surface area contributed by atoms with Crippen LogP contribution in [0.4, 0.5) is 0 Å². The van der Waals surface area contributed by atoms with Gasteiger partial charge in [0, 0.05) is 22.7 Å². The Morgan fingerprint density at radius 2 is 0.854 bits per heavy atom. The van der Waals surface area contributed by atoms with Crippen LogP contribution in [-0.4, -0.2) is 19.9 Å². The van der Waals surface area contributed by atoms with Gasteiger partial charge in [0.05, 0.1) is 0 Å². The normalized spacial score (nSPS) is 11.3. The predicted octanol–water partition coefficient (Wildman–Crippen LogP) is 11.1. The summed E-state index contributed by atoms with van der Waals surface area (Å²) in [6.07, 6.45) is 1.82. The van der Waals surface area contributed by atoms with Crippen molar-refractivity contribution >= 4 is 32.3 Å². The van der Waals surface area contributed by atoms with Gasteiger partial charge in [0.2, 0.25) is 0 Å². The van der Waals surface area contributed by atoms with Gasteiger partial charge in [-0.25, -0.2) is 15.0 Å². The summed E-state index contributed by atoms with van der Waals surface area (Å²) >= 11 is 0. The average Bonchev–Trinajstić information content (AvgIpc) is 3.17. The molecule has 0 radical (unpaired) electrons. The van der Waals surface area contributed by atoms with Crippen molar-refractivity contribution in [1.29, 1.82) is 0 Å². The SMILES string of the molecule is c1ccc(-c2cc(-c3nc(-c4ccccc4)nc(-c4nccc5ccccc45)n3)cc(-c3cc4ccccc4c4ccccc34)c2)cc1. The molecule has 4 nitrogen and oxygen atoms in total. The standard InChI is InChI=1S/C44H28N4/c1-3-13-29(14-4-1)33-25-34(40-28-32-18-8-9-19-36(32)38-21-11-12-22-39(38)40)27-35(26-33)43-46-42(31-16-5-2-6-17-31)47-44(48-43)41-37-20-10-7-15-30(37)23-24-45-41/h1-28H. The van der Waals surface area contributed by atoms with E-state index in [1.54, 1.807) is 0 Å². The molecule has 9 rings (SSSR count). The molecule has 0 spiro atoms. The summed E-state index contributed by atoms with van der Waals surface area (Å²) in [6.45, 7) is 0. The first kappa shape index (κ1) is 27.8. The second-order valence-corrected chi connectivity index (χ2v) is 11.9. The van der Waals surface area contributed by atoms with E-state index in [1.165, 1.54) is 21.5 Å². The lowest BCUT2D eigenvalue weighted by molar-refractivity contribution is 1.06. The molecule has 0 unspecified atom stereocenters. The first-order valence-electron chi connectivity index (χ1n) is 16.1. The number of benzene rings is 7. The Kier molecular flexibility index (Phi) is 6.76. The molecule has 7 aromatic carbocycles. The molecule has 4 heteroatoms. The van der Waals surface area contributed by atoms with Crippen molar-refractivity contribution in [2.75, 3.05) is 0 Å². The molecular formula is C44H28N4. The van der Waals surface area contributed by atoms with Crippen molar-refractivity contribution in [3.63, 3.8) is 0 Å². The van der Waals surface area contributed by atoms with E-state index in [0.717, 1.165) is 49.8 Å². The molecular weight excluding hydrogens is 585 g/mol. The molecule has 2 heterocycles. The number of fused-ring (bicyclic) bond motifs is 4. The summed E-state index contributed by atoms with van der Waals surface area (Å²) < 4.78 is 0. The van der Waals surface area contributed by atoms with Gasteiger partial charge in [0.15, 0.2) is 17.5 Å². The van der Waals surface area contributed by atoms with E-state index in [2.05, 4.69) is 109 Å². The zero-order chi connectivity index (χ0) is 31.9. The van der Waals surface area contributed by atoms with E-state index in [9.17, 15) is 0 Å². The van der Waals surface area contributed by atoms with Crippen LogP contribution in [0.1, 0.15) is 0 Å². The minimum Gasteiger partial charge on any atom is -0.252 e. The van der Waals surface area contributed by atoms with Crippen molar-refractivity contribution in [3.05, 3.63) is 170 Å². The highest BCUT2D eigenvalue weighted by molar-refractivity contribution is 6.14. The molecule has 0 fully saturated rings. The number of aromatic nitrogens is 4. The molecule has 0 aliphatic rings. The largest absolute Gasteiger partial charge is 0.252 e. The topological polar surface area (TPSA) is 51.6 Å². The molecule has 224 valence electrons. The Bertz CT molecular complexity index is 2610. The fourth-order valence-corrected chi connectivity index (χ4v) is 6.63. The van der Waals surface area contributed by atoms with Crippen LogP contribution in [0.5, 0.6) is 0 Å². The first-order chi connectivity index (χ1) is 23.8. The van der Waals surface area contributed by atoms with Crippen molar-refractivity contribution in [3.8, 4) is 56.5 Å². The van der Waals surface area contributed by atoms with Crippen LogP contribution in [-0.2, 0) is 0 Å². The first-order valence-corrected chi connectivity index (χ1v) is 16.1. The van der Waals surface area contributed by atoms with E-state index < -0.39 is 0 Å². The minimum absolute atomic E-state index is 0.540. The maximum absolute atomic E-state index is 5.15. The maximum atomic E-state index is 5.15. The predicted molar refractivity (Wildman–Crippen MR) is 197 cm³/mol. The molecule has 2 aromatic heterocycles. The highest BCUT2D eigenvalue weighted by Crippen LogP contribution is 2.39. The van der Waals surface area contributed by atoms with Crippen LogP contribution in [0.25, 0.3) is 88.9 Å². The van der Waals surface area contributed by atoms with Crippen molar-refractivity contribution in [1.82, 2.24) is 19.9 Å². The fourth-order valence-electron chi connectivity index (χ4n) is 6.63. The molecule has 9 aromatic rings. The number of hydrogen-bond acceptors (Lipinski definition) is 4. The van der Waals surface area contributed by atoms with Gasteiger partial charge in [-0.2, -0.15) is 0 Å². The molecule has 0 aliphatic heterocycles. The lowest BCUT2D eigenvalue weighted by Crippen LogP contribution is -2.02.